The lowest BCUT2D eigenvalue weighted by atomic mass is 10.0. The number of aliphatic hydroxyl groups excluding tert-OH is 1. The Labute approximate surface area is 211 Å². The molecule has 0 radical (unpaired) electrons. The van der Waals surface area contributed by atoms with Gasteiger partial charge in [-0.05, 0) is 29.8 Å². The van der Waals surface area contributed by atoms with Crippen LogP contribution in [0.2, 0.25) is 0 Å². The van der Waals surface area contributed by atoms with E-state index in [0.29, 0.717) is 37.4 Å². The molecule has 4 rings (SSSR count). The number of carbonyl (C=O) groups is 2. The zero-order valence-corrected chi connectivity index (χ0v) is 20.2. The molecule has 1 N–H and O–H groups in total. The Balaban J connectivity index is 1.33. The highest BCUT2D eigenvalue weighted by Gasteiger charge is 2.33. The molecule has 1 aliphatic heterocycles. The van der Waals surface area contributed by atoms with E-state index in [9.17, 15) is 22.8 Å². The molecular weight excluding hydrogens is 491 g/mol. The van der Waals surface area contributed by atoms with Crippen molar-refractivity contribution in [2.45, 2.75) is 19.1 Å². The highest BCUT2D eigenvalue weighted by molar-refractivity contribution is 5.96. The van der Waals surface area contributed by atoms with E-state index in [1.807, 2.05) is 0 Å². The summed E-state index contributed by atoms with van der Waals surface area (Å²) in [4.78, 5) is 32.8. The van der Waals surface area contributed by atoms with E-state index in [1.54, 1.807) is 34.0 Å². The van der Waals surface area contributed by atoms with Crippen LogP contribution in [0.3, 0.4) is 0 Å². The molecule has 3 aromatic rings. The third-order valence-corrected chi connectivity index (χ3v) is 6.12. The number of piperazine rings is 1. The SMILES string of the molecule is O=C(Cc1ccc2nn(CC(=O)N3CCN(CCOCCO)CC3)cc2c1)c1cccc(C(F)(F)F)n1. The Kier molecular flexibility index (Phi) is 8.52. The Morgan fingerprint density at radius 2 is 1.84 bits per heavy atom. The van der Waals surface area contributed by atoms with Gasteiger partial charge in [-0.3, -0.25) is 19.2 Å². The van der Waals surface area contributed by atoms with E-state index >= 15 is 0 Å². The van der Waals surface area contributed by atoms with E-state index < -0.39 is 17.7 Å². The van der Waals surface area contributed by atoms with Crippen molar-refractivity contribution in [3.05, 3.63) is 59.5 Å². The van der Waals surface area contributed by atoms with Crippen molar-refractivity contribution < 1.29 is 32.6 Å². The van der Waals surface area contributed by atoms with E-state index in [1.165, 1.54) is 12.1 Å². The molecule has 0 saturated carbocycles. The van der Waals surface area contributed by atoms with Crippen molar-refractivity contribution in [1.29, 1.82) is 0 Å². The molecule has 0 spiro atoms. The summed E-state index contributed by atoms with van der Waals surface area (Å²) in [6.07, 6.45) is -3.01. The number of hydrogen-bond acceptors (Lipinski definition) is 7. The van der Waals surface area contributed by atoms with Gasteiger partial charge < -0.3 is 14.7 Å². The van der Waals surface area contributed by atoms with Crippen molar-refractivity contribution in [3.8, 4) is 0 Å². The van der Waals surface area contributed by atoms with Gasteiger partial charge >= 0.3 is 6.18 Å². The molecule has 198 valence electrons. The lowest BCUT2D eigenvalue weighted by Crippen LogP contribution is -2.50. The van der Waals surface area contributed by atoms with Gasteiger partial charge in [0.1, 0.15) is 17.9 Å². The fourth-order valence-electron chi connectivity index (χ4n) is 4.16. The fraction of sp³-hybridized carbons (Fsp3) is 0.440. The van der Waals surface area contributed by atoms with E-state index in [2.05, 4.69) is 15.0 Å². The molecule has 0 aliphatic carbocycles. The van der Waals surface area contributed by atoms with Crippen LogP contribution in [0, 0.1) is 0 Å². The van der Waals surface area contributed by atoms with Crippen LogP contribution < -0.4 is 0 Å². The molecule has 2 aromatic heterocycles. The first-order valence-corrected chi connectivity index (χ1v) is 12.0. The van der Waals surface area contributed by atoms with E-state index in [4.69, 9.17) is 9.84 Å². The summed E-state index contributed by atoms with van der Waals surface area (Å²) in [6.45, 7) is 4.39. The molecule has 37 heavy (non-hydrogen) atoms. The summed E-state index contributed by atoms with van der Waals surface area (Å²) in [5.74, 6) is -0.567. The van der Waals surface area contributed by atoms with Gasteiger partial charge in [0.15, 0.2) is 5.78 Å². The monoisotopic (exact) mass is 519 g/mol. The number of benzene rings is 1. The second-order valence-electron chi connectivity index (χ2n) is 8.78. The van der Waals surface area contributed by atoms with Gasteiger partial charge in [0, 0.05) is 50.7 Å². The third kappa shape index (κ3) is 7.12. The molecule has 9 nitrogen and oxygen atoms in total. The van der Waals surface area contributed by atoms with Crippen LogP contribution in [-0.2, 0) is 28.7 Å². The zero-order chi connectivity index (χ0) is 26.4. The van der Waals surface area contributed by atoms with Gasteiger partial charge in [-0.1, -0.05) is 12.1 Å². The first kappa shape index (κ1) is 26.7. The van der Waals surface area contributed by atoms with Gasteiger partial charge in [-0.25, -0.2) is 4.98 Å². The van der Waals surface area contributed by atoms with Crippen LogP contribution in [0.15, 0.2) is 42.6 Å². The number of Topliss-reactive ketones (excluding diaryl/α,β-unsaturated/α-hetero) is 1. The quantitative estimate of drug-likeness (QED) is 0.323. The predicted octanol–water partition coefficient (Wildman–Crippen LogP) is 2.03. The van der Waals surface area contributed by atoms with Crippen LogP contribution >= 0.6 is 0 Å². The van der Waals surface area contributed by atoms with Crippen molar-refractivity contribution in [3.63, 3.8) is 0 Å². The minimum Gasteiger partial charge on any atom is -0.394 e. The van der Waals surface area contributed by atoms with E-state index in [-0.39, 0.29) is 31.2 Å². The largest absolute Gasteiger partial charge is 0.433 e. The Bertz CT molecular complexity index is 1240. The number of aromatic nitrogens is 3. The number of hydrogen-bond donors (Lipinski definition) is 1. The van der Waals surface area contributed by atoms with Gasteiger partial charge in [0.05, 0.1) is 25.3 Å². The summed E-state index contributed by atoms with van der Waals surface area (Å²) < 4.78 is 45.6. The predicted molar refractivity (Wildman–Crippen MR) is 128 cm³/mol. The number of ketones is 1. The molecule has 0 bridgehead atoms. The minimum absolute atomic E-state index is 0.00144. The molecule has 0 atom stereocenters. The molecule has 1 amide bonds. The number of alkyl halides is 3. The Hall–Kier alpha value is -3.35. The van der Waals surface area contributed by atoms with Crippen LogP contribution in [-0.4, -0.2) is 93.9 Å². The second-order valence-corrected chi connectivity index (χ2v) is 8.78. The molecular formula is C25H28F3N5O4. The van der Waals surface area contributed by atoms with Gasteiger partial charge in [-0.15, -0.1) is 0 Å². The maximum absolute atomic E-state index is 12.9. The number of fused-ring (bicyclic) bond motifs is 1. The highest BCUT2D eigenvalue weighted by Crippen LogP contribution is 2.27. The average molecular weight is 520 g/mol. The summed E-state index contributed by atoms with van der Waals surface area (Å²) in [6, 6.07) is 8.42. The highest BCUT2D eigenvalue weighted by atomic mass is 19.4. The van der Waals surface area contributed by atoms with Crippen LogP contribution in [0.4, 0.5) is 13.2 Å². The van der Waals surface area contributed by atoms with Crippen molar-refractivity contribution >= 4 is 22.6 Å². The minimum atomic E-state index is -4.62. The number of pyridine rings is 1. The maximum Gasteiger partial charge on any atom is 0.433 e. The van der Waals surface area contributed by atoms with Crippen LogP contribution in [0.25, 0.3) is 10.9 Å². The molecule has 1 aliphatic rings. The first-order chi connectivity index (χ1) is 17.7. The van der Waals surface area contributed by atoms with Crippen molar-refractivity contribution in [1.82, 2.24) is 24.6 Å². The van der Waals surface area contributed by atoms with Gasteiger partial charge in [0.25, 0.3) is 0 Å². The summed E-state index contributed by atoms with van der Waals surface area (Å²) >= 11 is 0. The number of rotatable bonds is 10. The number of amides is 1. The van der Waals surface area contributed by atoms with Crippen molar-refractivity contribution in [2.75, 3.05) is 52.5 Å². The molecule has 1 saturated heterocycles. The summed E-state index contributed by atoms with van der Waals surface area (Å²) in [5, 5.41) is 13.9. The molecule has 0 unspecified atom stereocenters. The van der Waals surface area contributed by atoms with Crippen LogP contribution in [0.1, 0.15) is 21.7 Å². The zero-order valence-electron chi connectivity index (χ0n) is 20.2. The van der Waals surface area contributed by atoms with Gasteiger partial charge in [-0.2, -0.15) is 18.3 Å². The number of aliphatic hydroxyl groups is 1. The number of ether oxygens (including phenoxy) is 1. The third-order valence-electron chi connectivity index (χ3n) is 6.12. The lowest BCUT2D eigenvalue weighted by molar-refractivity contribution is -0.141. The summed E-state index contributed by atoms with van der Waals surface area (Å²) in [7, 11) is 0. The Morgan fingerprint density at radius 1 is 1.05 bits per heavy atom. The first-order valence-electron chi connectivity index (χ1n) is 12.0. The number of carbonyl (C=O) groups excluding carboxylic acids is 2. The molecule has 3 heterocycles. The normalized spacial score (nSPS) is 14.9. The van der Waals surface area contributed by atoms with Crippen molar-refractivity contribution in [2.24, 2.45) is 0 Å². The fourth-order valence-corrected chi connectivity index (χ4v) is 4.16. The number of nitrogens with zero attached hydrogens (tertiary/aromatic N) is 5. The van der Waals surface area contributed by atoms with E-state index in [0.717, 1.165) is 31.1 Å². The Morgan fingerprint density at radius 3 is 2.57 bits per heavy atom. The topological polar surface area (TPSA) is 101 Å². The lowest BCUT2D eigenvalue weighted by Gasteiger charge is -2.34. The smallest absolute Gasteiger partial charge is 0.394 e. The molecule has 12 heteroatoms. The average Bonchev–Trinajstić information content (AvgIpc) is 3.28. The molecule has 1 aromatic carbocycles. The summed E-state index contributed by atoms with van der Waals surface area (Å²) in [5.41, 5.74) is -0.0854. The van der Waals surface area contributed by atoms with Crippen LogP contribution in [0.5, 0.6) is 0 Å². The van der Waals surface area contributed by atoms with Gasteiger partial charge in [0.2, 0.25) is 5.91 Å². The standard InChI is InChI=1S/C25H28F3N5O4/c26-25(27,28)23-3-1-2-21(29-23)22(35)15-18-4-5-20-19(14-18)16-33(30-20)17-24(36)32-8-6-31(7-9-32)10-12-37-13-11-34/h1-5,14,16,34H,6-13,15,17H2. The molecule has 1 fully saturated rings. The number of halogens is 3. The maximum atomic E-state index is 12.9. The second kappa shape index (κ2) is 11.8.